The van der Waals surface area contributed by atoms with Crippen LogP contribution in [0.2, 0.25) is 0 Å². The maximum absolute atomic E-state index is 11.6. The number of hydrogen-bond donors (Lipinski definition) is 1. The first-order valence-electron chi connectivity index (χ1n) is 5.24. The molecule has 4 nitrogen and oxygen atoms in total. The average molecular weight is 238 g/mol. The molecule has 1 aliphatic heterocycles. The Balaban J connectivity index is 2.00. The van der Waals surface area contributed by atoms with Gasteiger partial charge in [-0.2, -0.15) is 11.3 Å². The number of piperazine rings is 1. The maximum atomic E-state index is 11.6. The Morgan fingerprint density at radius 3 is 3.06 bits per heavy atom. The van der Waals surface area contributed by atoms with E-state index >= 15 is 0 Å². The van der Waals surface area contributed by atoms with E-state index in [-0.39, 0.29) is 30.9 Å². The van der Waals surface area contributed by atoms with Gasteiger partial charge in [0.1, 0.15) is 0 Å². The summed E-state index contributed by atoms with van der Waals surface area (Å²) in [6, 6.07) is 2.13. The van der Waals surface area contributed by atoms with E-state index in [0.29, 0.717) is 0 Å². The van der Waals surface area contributed by atoms with Crippen molar-refractivity contribution in [1.29, 1.82) is 0 Å². The fraction of sp³-hybridized carbons (Fsp3) is 0.455. The second-order valence-electron chi connectivity index (χ2n) is 3.98. The predicted molar refractivity (Wildman–Crippen MR) is 62.2 cm³/mol. The third-order valence-electron chi connectivity index (χ3n) is 2.71. The van der Waals surface area contributed by atoms with E-state index in [0.717, 1.165) is 6.42 Å². The minimum atomic E-state index is -0.0724. The predicted octanol–water partition coefficient (Wildman–Crippen LogP) is 0.637. The average Bonchev–Trinajstić information content (AvgIpc) is 2.74. The molecule has 16 heavy (non-hydrogen) atoms. The number of carbonyl (C=O) groups excluding carboxylic acids is 2. The first kappa shape index (κ1) is 11.1. The van der Waals surface area contributed by atoms with Crippen molar-refractivity contribution < 1.29 is 9.59 Å². The smallest absolute Gasteiger partial charge is 0.242 e. The lowest BCUT2D eigenvalue weighted by Crippen LogP contribution is -2.54. The molecule has 2 amide bonds. The van der Waals surface area contributed by atoms with Gasteiger partial charge in [0.15, 0.2) is 0 Å². The van der Waals surface area contributed by atoms with E-state index in [1.54, 1.807) is 16.2 Å². The molecule has 5 heteroatoms. The van der Waals surface area contributed by atoms with Crippen molar-refractivity contribution in [2.24, 2.45) is 0 Å². The Labute approximate surface area is 98.3 Å². The lowest BCUT2D eigenvalue weighted by molar-refractivity contribution is -0.142. The molecule has 1 atom stereocenters. The number of rotatable bonds is 3. The second-order valence-corrected chi connectivity index (χ2v) is 4.76. The first-order valence-corrected chi connectivity index (χ1v) is 6.18. The van der Waals surface area contributed by atoms with Crippen LogP contribution in [0, 0.1) is 0 Å². The minimum Gasteiger partial charge on any atom is -0.345 e. The van der Waals surface area contributed by atoms with Crippen molar-refractivity contribution in [1.82, 2.24) is 10.2 Å². The maximum Gasteiger partial charge on any atom is 0.242 e. The largest absolute Gasteiger partial charge is 0.345 e. The molecule has 86 valence electrons. The summed E-state index contributed by atoms with van der Waals surface area (Å²) < 4.78 is 0. The molecule has 2 rings (SSSR count). The SMILES string of the molecule is CC(Cc1ccsc1)N1CC(=O)NCC1=O. The molecule has 0 aromatic carbocycles. The summed E-state index contributed by atoms with van der Waals surface area (Å²) in [4.78, 5) is 24.5. The Hall–Kier alpha value is -1.36. The quantitative estimate of drug-likeness (QED) is 0.840. The molecule has 0 bridgehead atoms. The zero-order chi connectivity index (χ0) is 11.5. The van der Waals surface area contributed by atoms with Crippen molar-refractivity contribution in [3.8, 4) is 0 Å². The van der Waals surface area contributed by atoms with E-state index in [1.165, 1.54) is 5.56 Å². The van der Waals surface area contributed by atoms with E-state index in [9.17, 15) is 9.59 Å². The molecular formula is C11H14N2O2S. The van der Waals surface area contributed by atoms with Crippen LogP contribution < -0.4 is 5.32 Å². The highest BCUT2D eigenvalue weighted by atomic mass is 32.1. The molecule has 1 N–H and O–H groups in total. The van der Waals surface area contributed by atoms with Crippen LogP contribution in [-0.2, 0) is 16.0 Å². The van der Waals surface area contributed by atoms with E-state index in [4.69, 9.17) is 0 Å². The minimum absolute atomic E-state index is 0.00216. The summed E-state index contributed by atoms with van der Waals surface area (Å²) in [5.41, 5.74) is 1.22. The monoisotopic (exact) mass is 238 g/mol. The van der Waals surface area contributed by atoms with Crippen LogP contribution in [0.3, 0.4) is 0 Å². The second kappa shape index (κ2) is 4.65. The van der Waals surface area contributed by atoms with Gasteiger partial charge in [0.05, 0.1) is 13.1 Å². The van der Waals surface area contributed by atoms with Gasteiger partial charge >= 0.3 is 0 Å². The fourth-order valence-corrected chi connectivity index (χ4v) is 2.52. The van der Waals surface area contributed by atoms with Gasteiger partial charge in [-0.3, -0.25) is 9.59 Å². The third-order valence-corrected chi connectivity index (χ3v) is 3.45. The molecule has 0 radical (unpaired) electrons. The van der Waals surface area contributed by atoms with Crippen molar-refractivity contribution in [3.63, 3.8) is 0 Å². The van der Waals surface area contributed by atoms with E-state index in [2.05, 4.69) is 16.8 Å². The van der Waals surface area contributed by atoms with Gasteiger partial charge < -0.3 is 10.2 Å². The van der Waals surface area contributed by atoms with Gasteiger partial charge in [-0.05, 0) is 35.7 Å². The van der Waals surface area contributed by atoms with Crippen molar-refractivity contribution in [2.45, 2.75) is 19.4 Å². The van der Waals surface area contributed by atoms with Gasteiger partial charge in [-0.1, -0.05) is 0 Å². The number of nitrogens with zero attached hydrogens (tertiary/aromatic N) is 1. The van der Waals surface area contributed by atoms with Crippen LogP contribution in [-0.4, -0.2) is 35.8 Å². The Morgan fingerprint density at radius 2 is 2.38 bits per heavy atom. The van der Waals surface area contributed by atoms with Crippen molar-refractivity contribution in [3.05, 3.63) is 22.4 Å². The van der Waals surface area contributed by atoms with Crippen LogP contribution in [0.1, 0.15) is 12.5 Å². The van der Waals surface area contributed by atoms with Gasteiger partial charge in [-0.15, -0.1) is 0 Å². The topological polar surface area (TPSA) is 49.4 Å². The lowest BCUT2D eigenvalue weighted by atomic mass is 10.1. The van der Waals surface area contributed by atoms with Crippen molar-refractivity contribution in [2.75, 3.05) is 13.1 Å². The number of thiophene rings is 1. The Morgan fingerprint density at radius 1 is 1.56 bits per heavy atom. The molecule has 1 unspecified atom stereocenters. The fourth-order valence-electron chi connectivity index (χ4n) is 1.84. The molecule has 0 spiro atoms. The standard InChI is InChI=1S/C11H14N2O2S/c1-8(4-9-2-3-16-7-9)13-6-10(14)12-5-11(13)15/h2-3,7-8H,4-6H2,1H3,(H,12,14). The number of carbonyl (C=O) groups is 2. The molecule has 1 aliphatic rings. The van der Waals surface area contributed by atoms with Crippen molar-refractivity contribution >= 4 is 23.2 Å². The third kappa shape index (κ3) is 2.41. The highest BCUT2D eigenvalue weighted by Crippen LogP contribution is 2.13. The normalized spacial score (nSPS) is 18.4. The summed E-state index contributed by atoms with van der Waals surface area (Å²) >= 11 is 1.65. The molecule has 1 saturated heterocycles. The van der Waals surface area contributed by atoms with Crippen LogP contribution in [0.4, 0.5) is 0 Å². The van der Waals surface area contributed by atoms with E-state index < -0.39 is 0 Å². The van der Waals surface area contributed by atoms with E-state index in [1.807, 2.05) is 12.3 Å². The van der Waals surface area contributed by atoms with Gasteiger partial charge in [0.25, 0.3) is 0 Å². The molecule has 0 aliphatic carbocycles. The molecule has 1 aromatic rings. The summed E-state index contributed by atoms with van der Waals surface area (Å²) in [5, 5.41) is 6.64. The van der Waals surface area contributed by atoms with Crippen LogP contribution in [0.5, 0.6) is 0 Å². The molecule has 1 aromatic heterocycles. The Kier molecular flexibility index (Phi) is 3.24. The zero-order valence-electron chi connectivity index (χ0n) is 9.10. The summed E-state index contributed by atoms with van der Waals surface area (Å²) in [5.74, 6) is -0.0703. The number of amides is 2. The van der Waals surface area contributed by atoms with Gasteiger partial charge in [0, 0.05) is 6.04 Å². The van der Waals surface area contributed by atoms with Crippen LogP contribution in [0.25, 0.3) is 0 Å². The number of hydrogen-bond acceptors (Lipinski definition) is 3. The summed E-state index contributed by atoms with van der Waals surface area (Å²) in [6.45, 7) is 2.30. The van der Waals surface area contributed by atoms with Gasteiger partial charge in [-0.25, -0.2) is 0 Å². The molecule has 2 heterocycles. The molecule has 0 saturated carbocycles. The number of nitrogens with one attached hydrogen (secondary N) is 1. The molecule has 1 fully saturated rings. The Bertz CT molecular complexity index is 389. The van der Waals surface area contributed by atoms with Gasteiger partial charge in [0.2, 0.25) is 11.8 Å². The first-order chi connectivity index (χ1) is 7.66. The highest BCUT2D eigenvalue weighted by Gasteiger charge is 2.27. The summed E-state index contributed by atoms with van der Waals surface area (Å²) in [7, 11) is 0. The summed E-state index contributed by atoms with van der Waals surface area (Å²) in [6.07, 6.45) is 0.808. The van der Waals surface area contributed by atoms with Crippen LogP contribution >= 0.6 is 11.3 Å². The molecular weight excluding hydrogens is 224 g/mol. The zero-order valence-corrected chi connectivity index (χ0v) is 9.92. The lowest BCUT2D eigenvalue weighted by Gasteiger charge is -2.32. The van der Waals surface area contributed by atoms with Crippen LogP contribution in [0.15, 0.2) is 16.8 Å². The highest BCUT2D eigenvalue weighted by molar-refractivity contribution is 7.07.